The van der Waals surface area contributed by atoms with Crippen molar-refractivity contribution in [2.45, 2.75) is 4.90 Å². The lowest BCUT2D eigenvalue weighted by molar-refractivity contribution is 0.585. The van der Waals surface area contributed by atoms with Gasteiger partial charge in [0.15, 0.2) is 0 Å². The molecule has 0 aliphatic rings. The fourth-order valence-electron chi connectivity index (χ4n) is 1.65. The molecule has 0 atom stereocenters. The van der Waals surface area contributed by atoms with Crippen molar-refractivity contribution >= 4 is 21.8 Å². The molecule has 0 radical (unpaired) electrons. The van der Waals surface area contributed by atoms with E-state index in [0.29, 0.717) is 5.69 Å². The van der Waals surface area contributed by atoms with E-state index in [1.165, 1.54) is 12.1 Å². The molecule has 0 bridgehead atoms. The first-order valence-corrected chi connectivity index (χ1v) is 7.63. The maximum atomic E-state index is 12.0. The second kappa shape index (κ2) is 6.36. The van der Waals surface area contributed by atoms with Gasteiger partial charge in [0.25, 0.3) is 0 Å². The third-order valence-electron chi connectivity index (χ3n) is 2.69. The highest BCUT2D eigenvalue weighted by atomic mass is 32.2. The van der Waals surface area contributed by atoms with E-state index < -0.39 is 10.0 Å². The molecule has 0 amide bonds. The van der Waals surface area contributed by atoms with E-state index in [9.17, 15) is 8.42 Å². The van der Waals surface area contributed by atoms with Gasteiger partial charge >= 0.3 is 0 Å². The van der Waals surface area contributed by atoms with Crippen LogP contribution in [-0.2, 0) is 10.0 Å². The summed E-state index contributed by atoms with van der Waals surface area (Å²) >= 11 is 0. The molecule has 0 aliphatic heterocycles. The van der Waals surface area contributed by atoms with Crippen molar-refractivity contribution < 1.29 is 8.42 Å². The van der Waals surface area contributed by atoms with Crippen molar-refractivity contribution in [2.75, 3.05) is 12.3 Å². The molecule has 0 saturated carbocycles. The summed E-state index contributed by atoms with van der Waals surface area (Å²) in [6, 6.07) is 15.8. The van der Waals surface area contributed by atoms with Gasteiger partial charge < -0.3 is 5.73 Å². The number of nitrogen functional groups attached to an aromatic ring is 1. The molecular weight excluding hydrogens is 272 g/mol. The number of anilines is 1. The molecule has 0 saturated heterocycles. The number of sulfonamides is 1. The fraction of sp³-hybridized carbons (Fsp3) is 0.0667. The molecule has 0 spiro atoms. The van der Waals surface area contributed by atoms with Crippen molar-refractivity contribution in [3.05, 3.63) is 66.2 Å². The van der Waals surface area contributed by atoms with Crippen LogP contribution in [0.2, 0.25) is 0 Å². The zero-order valence-corrected chi connectivity index (χ0v) is 11.7. The Balaban J connectivity index is 1.96. The Morgan fingerprint density at radius 2 is 1.65 bits per heavy atom. The first kappa shape index (κ1) is 14.3. The molecule has 0 heterocycles. The minimum atomic E-state index is -3.49. The lowest BCUT2D eigenvalue weighted by atomic mass is 10.2. The van der Waals surface area contributed by atoms with Crippen LogP contribution >= 0.6 is 0 Å². The van der Waals surface area contributed by atoms with Crippen LogP contribution in [0, 0.1) is 0 Å². The van der Waals surface area contributed by atoms with Gasteiger partial charge in [0, 0.05) is 12.2 Å². The van der Waals surface area contributed by atoms with Crippen LogP contribution in [0.4, 0.5) is 5.69 Å². The summed E-state index contributed by atoms with van der Waals surface area (Å²) in [6.45, 7) is 0.238. The minimum Gasteiger partial charge on any atom is -0.399 e. The van der Waals surface area contributed by atoms with Crippen LogP contribution in [0.25, 0.3) is 6.08 Å². The van der Waals surface area contributed by atoms with Crippen LogP contribution in [-0.4, -0.2) is 15.0 Å². The molecule has 2 aromatic carbocycles. The number of nitrogens with two attached hydrogens (primary N) is 1. The lowest BCUT2D eigenvalue weighted by Crippen LogP contribution is -2.23. The van der Waals surface area contributed by atoms with Crippen LogP contribution in [0.3, 0.4) is 0 Å². The van der Waals surface area contributed by atoms with Crippen molar-refractivity contribution in [3.63, 3.8) is 0 Å². The average molecular weight is 288 g/mol. The number of benzene rings is 2. The topological polar surface area (TPSA) is 72.2 Å². The molecule has 0 fully saturated rings. The number of nitrogens with one attached hydrogen (secondary N) is 1. The summed E-state index contributed by atoms with van der Waals surface area (Å²) in [7, 11) is -3.49. The first-order valence-electron chi connectivity index (χ1n) is 6.15. The SMILES string of the molecule is Nc1ccc(S(=O)(=O)NC/C=C/c2ccccc2)cc1. The van der Waals surface area contributed by atoms with E-state index in [1.54, 1.807) is 18.2 Å². The number of hydrogen-bond donors (Lipinski definition) is 2. The Kier molecular flexibility index (Phi) is 4.55. The monoisotopic (exact) mass is 288 g/mol. The van der Waals surface area contributed by atoms with E-state index in [0.717, 1.165) is 5.56 Å². The van der Waals surface area contributed by atoms with Gasteiger partial charge in [-0.25, -0.2) is 13.1 Å². The fourth-order valence-corrected chi connectivity index (χ4v) is 2.62. The molecule has 5 heteroatoms. The van der Waals surface area contributed by atoms with Crippen molar-refractivity contribution in [2.24, 2.45) is 0 Å². The van der Waals surface area contributed by atoms with Gasteiger partial charge in [0.1, 0.15) is 0 Å². The maximum Gasteiger partial charge on any atom is 0.240 e. The van der Waals surface area contributed by atoms with Gasteiger partial charge in [0.2, 0.25) is 10.0 Å². The standard InChI is InChI=1S/C15H16N2O2S/c16-14-8-10-15(11-9-14)20(18,19)17-12-4-7-13-5-2-1-3-6-13/h1-11,17H,12,16H2/b7-4+. The first-order chi connectivity index (χ1) is 9.58. The number of rotatable bonds is 5. The van der Waals surface area contributed by atoms with E-state index in [2.05, 4.69) is 4.72 Å². The molecule has 20 heavy (non-hydrogen) atoms. The third kappa shape index (κ3) is 3.94. The molecule has 2 aromatic rings. The van der Waals surface area contributed by atoms with Crippen LogP contribution in [0.5, 0.6) is 0 Å². The second-order valence-corrected chi connectivity index (χ2v) is 6.00. The highest BCUT2D eigenvalue weighted by Gasteiger charge is 2.11. The summed E-state index contributed by atoms with van der Waals surface area (Å²) in [5.41, 5.74) is 7.09. The maximum absolute atomic E-state index is 12.0. The Morgan fingerprint density at radius 1 is 1.00 bits per heavy atom. The quantitative estimate of drug-likeness (QED) is 0.829. The van der Waals surface area contributed by atoms with E-state index in [-0.39, 0.29) is 11.4 Å². The van der Waals surface area contributed by atoms with E-state index in [1.807, 2.05) is 36.4 Å². The normalized spacial score (nSPS) is 11.8. The molecule has 0 aliphatic carbocycles. The van der Waals surface area contributed by atoms with Crippen LogP contribution in [0.1, 0.15) is 5.56 Å². The Morgan fingerprint density at radius 3 is 2.30 bits per heavy atom. The largest absolute Gasteiger partial charge is 0.399 e. The average Bonchev–Trinajstić information content (AvgIpc) is 2.45. The van der Waals surface area contributed by atoms with Gasteiger partial charge in [-0.1, -0.05) is 42.5 Å². The smallest absolute Gasteiger partial charge is 0.240 e. The number of hydrogen-bond acceptors (Lipinski definition) is 3. The zero-order valence-electron chi connectivity index (χ0n) is 10.9. The zero-order chi connectivity index (χ0) is 14.4. The highest BCUT2D eigenvalue weighted by molar-refractivity contribution is 7.89. The predicted molar refractivity (Wildman–Crippen MR) is 81.5 cm³/mol. The summed E-state index contributed by atoms with van der Waals surface area (Å²) in [5, 5.41) is 0. The second-order valence-electron chi connectivity index (χ2n) is 4.23. The highest BCUT2D eigenvalue weighted by Crippen LogP contribution is 2.11. The van der Waals surface area contributed by atoms with Gasteiger partial charge in [-0.15, -0.1) is 0 Å². The third-order valence-corrected chi connectivity index (χ3v) is 4.13. The molecule has 0 aromatic heterocycles. The van der Waals surface area contributed by atoms with Crippen molar-refractivity contribution in [3.8, 4) is 0 Å². The Bertz CT molecular complexity index is 678. The molecule has 0 unspecified atom stereocenters. The van der Waals surface area contributed by atoms with Crippen LogP contribution < -0.4 is 10.5 Å². The van der Waals surface area contributed by atoms with E-state index in [4.69, 9.17) is 5.73 Å². The molecule has 104 valence electrons. The summed E-state index contributed by atoms with van der Waals surface area (Å²) in [5.74, 6) is 0. The van der Waals surface area contributed by atoms with E-state index >= 15 is 0 Å². The van der Waals surface area contributed by atoms with Gasteiger partial charge in [0.05, 0.1) is 4.90 Å². The lowest BCUT2D eigenvalue weighted by Gasteiger charge is -2.04. The predicted octanol–water partition coefficient (Wildman–Crippen LogP) is 2.26. The Labute approximate surface area is 119 Å². The van der Waals surface area contributed by atoms with Crippen molar-refractivity contribution in [1.82, 2.24) is 4.72 Å². The molecule has 3 N–H and O–H groups in total. The minimum absolute atomic E-state index is 0.208. The van der Waals surface area contributed by atoms with Gasteiger partial charge in [-0.2, -0.15) is 0 Å². The van der Waals surface area contributed by atoms with Gasteiger partial charge in [-0.3, -0.25) is 0 Å². The van der Waals surface area contributed by atoms with Gasteiger partial charge in [-0.05, 0) is 29.8 Å². The molecular formula is C15H16N2O2S. The summed E-state index contributed by atoms with van der Waals surface area (Å²) in [6.07, 6.45) is 3.63. The summed E-state index contributed by atoms with van der Waals surface area (Å²) in [4.78, 5) is 0.208. The van der Waals surface area contributed by atoms with Crippen LogP contribution in [0.15, 0.2) is 65.6 Å². The summed E-state index contributed by atoms with van der Waals surface area (Å²) < 4.78 is 26.4. The van der Waals surface area contributed by atoms with Crippen molar-refractivity contribution in [1.29, 1.82) is 0 Å². The Hall–Kier alpha value is -2.11. The molecule has 4 nitrogen and oxygen atoms in total. The molecule has 2 rings (SSSR count).